The molecule has 1 aromatic heterocycles. The number of aryl methyl sites for hydroxylation is 1. The Morgan fingerprint density at radius 3 is 2.48 bits per heavy atom. The molecule has 0 aliphatic carbocycles. The van der Waals surface area contributed by atoms with Crippen molar-refractivity contribution in [3.63, 3.8) is 0 Å². The van der Waals surface area contributed by atoms with E-state index < -0.39 is 0 Å². The predicted molar refractivity (Wildman–Crippen MR) is 83.8 cm³/mol. The van der Waals surface area contributed by atoms with Gasteiger partial charge in [0, 0.05) is 37.4 Å². The molecule has 1 heterocycles. The first kappa shape index (κ1) is 15.5. The van der Waals surface area contributed by atoms with Crippen LogP contribution in [0.4, 0.5) is 0 Å². The van der Waals surface area contributed by atoms with Crippen molar-refractivity contribution in [1.29, 1.82) is 0 Å². The van der Waals surface area contributed by atoms with Crippen LogP contribution in [-0.4, -0.2) is 15.7 Å². The number of benzene rings is 1. The van der Waals surface area contributed by atoms with E-state index in [4.69, 9.17) is 11.6 Å². The van der Waals surface area contributed by atoms with E-state index in [0.717, 1.165) is 22.6 Å². The fraction of sp³-hybridized carbons (Fsp3) is 0.333. The average molecular weight is 308 g/mol. The molecule has 21 heavy (non-hydrogen) atoms. The summed E-state index contributed by atoms with van der Waals surface area (Å²) in [6.07, 6.45) is 2.43. The van der Waals surface area contributed by atoms with Crippen LogP contribution in [0.2, 0.25) is 5.02 Å². The van der Waals surface area contributed by atoms with Crippen molar-refractivity contribution in [1.82, 2.24) is 14.5 Å². The molecule has 0 aliphatic heterocycles. The average Bonchev–Trinajstić information content (AvgIpc) is 2.48. The van der Waals surface area contributed by atoms with Crippen LogP contribution in [0.25, 0.3) is 0 Å². The molecule has 0 bridgehead atoms. The lowest BCUT2D eigenvalue weighted by Gasteiger charge is -2.08. The Balaban J connectivity index is 1.94. The molecule has 0 spiro atoms. The summed E-state index contributed by atoms with van der Waals surface area (Å²) in [5.74, 6) is 0. The van der Waals surface area contributed by atoms with E-state index in [2.05, 4.69) is 5.32 Å². The van der Waals surface area contributed by atoms with Crippen LogP contribution in [0.5, 0.6) is 0 Å². The van der Waals surface area contributed by atoms with Crippen LogP contribution in [0, 0.1) is 0 Å². The molecule has 0 aliphatic rings. The summed E-state index contributed by atoms with van der Waals surface area (Å²) >= 11 is 5.83. The van der Waals surface area contributed by atoms with Gasteiger partial charge in [0.15, 0.2) is 0 Å². The summed E-state index contributed by atoms with van der Waals surface area (Å²) in [4.78, 5) is 23.5. The van der Waals surface area contributed by atoms with Crippen molar-refractivity contribution >= 4 is 11.6 Å². The second-order valence-corrected chi connectivity index (χ2v) is 5.40. The van der Waals surface area contributed by atoms with Gasteiger partial charge in [-0.2, -0.15) is 0 Å². The second-order valence-electron chi connectivity index (χ2n) is 4.97. The molecule has 0 saturated carbocycles. The van der Waals surface area contributed by atoms with Crippen molar-refractivity contribution in [3.05, 3.63) is 67.4 Å². The summed E-state index contributed by atoms with van der Waals surface area (Å²) < 4.78 is 2.54. The van der Waals surface area contributed by atoms with E-state index in [0.29, 0.717) is 12.1 Å². The molecular weight excluding hydrogens is 290 g/mol. The van der Waals surface area contributed by atoms with Gasteiger partial charge in [-0.15, -0.1) is 0 Å². The van der Waals surface area contributed by atoms with E-state index in [-0.39, 0.29) is 11.2 Å². The van der Waals surface area contributed by atoms with Crippen molar-refractivity contribution < 1.29 is 0 Å². The van der Waals surface area contributed by atoms with Gasteiger partial charge in [0.05, 0.1) is 0 Å². The van der Waals surface area contributed by atoms with Gasteiger partial charge >= 0.3 is 5.69 Å². The van der Waals surface area contributed by atoms with Crippen LogP contribution >= 0.6 is 11.6 Å². The van der Waals surface area contributed by atoms with Gasteiger partial charge in [-0.1, -0.05) is 23.7 Å². The lowest BCUT2D eigenvalue weighted by molar-refractivity contribution is 0.630. The lowest BCUT2D eigenvalue weighted by atomic mass is 10.1. The van der Waals surface area contributed by atoms with Crippen LogP contribution in [0.1, 0.15) is 11.1 Å². The highest BCUT2D eigenvalue weighted by Gasteiger charge is 2.06. The van der Waals surface area contributed by atoms with Crippen molar-refractivity contribution in [3.8, 4) is 0 Å². The van der Waals surface area contributed by atoms with E-state index in [9.17, 15) is 9.59 Å². The number of nitrogens with zero attached hydrogens (tertiary/aromatic N) is 2. The maximum atomic E-state index is 11.9. The quantitative estimate of drug-likeness (QED) is 0.841. The number of hydrogen-bond donors (Lipinski definition) is 1. The Labute approximate surface area is 127 Å². The van der Waals surface area contributed by atoms with Gasteiger partial charge in [0.25, 0.3) is 5.56 Å². The van der Waals surface area contributed by atoms with Crippen LogP contribution in [0.15, 0.2) is 40.1 Å². The Morgan fingerprint density at radius 1 is 1.14 bits per heavy atom. The molecule has 0 unspecified atom stereocenters. The molecule has 2 aromatic rings. The molecule has 6 heteroatoms. The summed E-state index contributed by atoms with van der Waals surface area (Å²) in [5.41, 5.74) is 1.19. The summed E-state index contributed by atoms with van der Waals surface area (Å²) in [6, 6.07) is 7.68. The fourth-order valence-electron chi connectivity index (χ4n) is 2.11. The minimum atomic E-state index is -0.315. The molecule has 112 valence electrons. The van der Waals surface area contributed by atoms with E-state index in [1.807, 2.05) is 24.3 Å². The zero-order valence-electron chi connectivity index (χ0n) is 12.1. The summed E-state index contributed by atoms with van der Waals surface area (Å²) in [6.45, 7) is 1.18. The summed E-state index contributed by atoms with van der Waals surface area (Å²) in [7, 11) is 3.13. The molecule has 1 aromatic carbocycles. The lowest BCUT2D eigenvalue weighted by Crippen LogP contribution is -2.39. The standard InChI is InChI=1S/C15H18ClN3O2/c1-18-10-12(14(20)19(2)15(18)21)9-17-8-7-11-3-5-13(16)6-4-11/h3-6,10,17H,7-9H2,1-2H3. The van der Waals surface area contributed by atoms with Gasteiger partial charge in [-0.25, -0.2) is 4.79 Å². The van der Waals surface area contributed by atoms with Crippen LogP contribution in [0.3, 0.4) is 0 Å². The van der Waals surface area contributed by atoms with Crippen molar-refractivity contribution in [2.45, 2.75) is 13.0 Å². The first-order chi connectivity index (χ1) is 9.99. The molecule has 0 atom stereocenters. The minimum absolute atomic E-state index is 0.253. The molecule has 5 nitrogen and oxygen atoms in total. The van der Waals surface area contributed by atoms with Crippen LogP contribution < -0.4 is 16.6 Å². The van der Waals surface area contributed by atoms with Gasteiger partial charge in [-0.3, -0.25) is 9.36 Å². The maximum absolute atomic E-state index is 11.9. The van der Waals surface area contributed by atoms with E-state index >= 15 is 0 Å². The van der Waals surface area contributed by atoms with Crippen LogP contribution in [-0.2, 0) is 27.1 Å². The molecular formula is C15H18ClN3O2. The zero-order chi connectivity index (χ0) is 15.4. The van der Waals surface area contributed by atoms with Crippen molar-refractivity contribution in [2.75, 3.05) is 6.54 Å². The first-order valence-corrected chi connectivity index (χ1v) is 7.07. The molecule has 0 saturated heterocycles. The Hall–Kier alpha value is -1.85. The zero-order valence-corrected chi connectivity index (χ0v) is 12.9. The van der Waals surface area contributed by atoms with E-state index in [1.54, 1.807) is 13.2 Å². The van der Waals surface area contributed by atoms with Crippen molar-refractivity contribution in [2.24, 2.45) is 14.1 Å². The largest absolute Gasteiger partial charge is 0.330 e. The summed E-state index contributed by atoms with van der Waals surface area (Å²) in [5, 5.41) is 3.94. The SMILES string of the molecule is Cn1cc(CNCCc2ccc(Cl)cc2)c(=O)n(C)c1=O. The normalized spacial score (nSPS) is 10.8. The third kappa shape index (κ3) is 3.83. The number of aromatic nitrogens is 2. The molecule has 0 fully saturated rings. The predicted octanol–water partition coefficient (Wildman–Crippen LogP) is 1.07. The Bertz CT molecular complexity index is 732. The smallest absolute Gasteiger partial charge is 0.312 e. The van der Waals surface area contributed by atoms with Gasteiger partial charge in [0.2, 0.25) is 0 Å². The Kier molecular flexibility index (Phi) is 4.98. The number of rotatable bonds is 5. The van der Waals surface area contributed by atoms with Gasteiger partial charge in [0.1, 0.15) is 0 Å². The highest BCUT2D eigenvalue weighted by Crippen LogP contribution is 2.09. The third-order valence-corrected chi connectivity index (χ3v) is 3.59. The minimum Gasteiger partial charge on any atom is -0.312 e. The molecule has 0 amide bonds. The number of hydrogen-bond acceptors (Lipinski definition) is 3. The number of nitrogens with one attached hydrogen (secondary N) is 1. The fourth-order valence-corrected chi connectivity index (χ4v) is 2.24. The first-order valence-electron chi connectivity index (χ1n) is 6.69. The maximum Gasteiger partial charge on any atom is 0.330 e. The van der Waals surface area contributed by atoms with E-state index in [1.165, 1.54) is 17.2 Å². The van der Waals surface area contributed by atoms with Gasteiger partial charge in [-0.05, 0) is 30.7 Å². The number of halogens is 1. The third-order valence-electron chi connectivity index (χ3n) is 3.34. The highest BCUT2D eigenvalue weighted by atomic mass is 35.5. The topological polar surface area (TPSA) is 56.0 Å². The molecule has 0 radical (unpaired) electrons. The highest BCUT2D eigenvalue weighted by molar-refractivity contribution is 6.30. The van der Waals surface area contributed by atoms with Gasteiger partial charge < -0.3 is 9.88 Å². The second kappa shape index (κ2) is 6.74. The molecule has 1 N–H and O–H groups in total. The Morgan fingerprint density at radius 2 is 1.81 bits per heavy atom. The molecule has 2 rings (SSSR count). The monoisotopic (exact) mass is 307 g/mol.